The molecule has 2 aromatic carbocycles. The molecular weight excluding hydrogens is 662 g/mol. The van der Waals surface area contributed by atoms with Crippen LogP contribution in [0.3, 0.4) is 0 Å². The van der Waals surface area contributed by atoms with Gasteiger partial charge in [-0.15, -0.1) is 0 Å². The molecule has 0 bridgehead atoms. The number of hydrogen-bond donors (Lipinski definition) is 6. The van der Waals surface area contributed by atoms with Crippen LogP contribution < -0.4 is 0 Å². The molecule has 0 radical (unpaired) electrons. The predicted molar refractivity (Wildman–Crippen MR) is 167 cm³/mol. The van der Waals surface area contributed by atoms with Gasteiger partial charge in [0.2, 0.25) is 17.3 Å². The van der Waals surface area contributed by atoms with Crippen molar-refractivity contribution in [3.63, 3.8) is 0 Å². The highest BCUT2D eigenvalue weighted by Crippen LogP contribution is 2.56. The number of aromatic hydroxyl groups is 2. The number of ether oxygens (including phenoxy) is 4. The first-order valence-corrected chi connectivity index (χ1v) is 15.6. The largest absolute Gasteiger partial charge is 0.507 e. The highest BCUT2D eigenvalue weighted by Gasteiger charge is 2.72. The van der Waals surface area contributed by atoms with Gasteiger partial charge in [0.25, 0.3) is 0 Å². The van der Waals surface area contributed by atoms with Crippen molar-refractivity contribution in [3.05, 3.63) is 56.6 Å². The van der Waals surface area contributed by atoms with Crippen LogP contribution in [0.15, 0.2) is 17.1 Å². The number of esters is 1. The lowest BCUT2D eigenvalue weighted by Crippen LogP contribution is -2.73. The van der Waals surface area contributed by atoms with Crippen LogP contribution in [0.25, 0.3) is 0 Å². The number of aliphatic hydroxyl groups excluding tert-OH is 3. The molecule has 50 heavy (non-hydrogen) atoms. The third-order valence-electron chi connectivity index (χ3n) is 10.3. The lowest BCUT2D eigenvalue weighted by atomic mass is 9.56. The van der Waals surface area contributed by atoms with E-state index in [0.29, 0.717) is 0 Å². The van der Waals surface area contributed by atoms with Gasteiger partial charge in [-0.25, -0.2) is 4.79 Å². The summed E-state index contributed by atoms with van der Waals surface area (Å²) in [6.07, 6.45) is -7.28. The highest BCUT2D eigenvalue weighted by atomic mass is 16.6. The van der Waals surface area contributed by atoms with Gasteiger partial charge in [-0.1, -0.05) is 6.07 Å². The summed E-state index contributed by atoms with van der Waals surface area (Å²) >= 11 is 0. The Morgan fingerprint density at radius 1 is 1.02 bits per heavy atom. The highest BCUT2D eigenvalue weighted by molar-refractivity contribution is 6.53. The second-order valence-electron chi connectivity index (χ2n) is 12.8. The lowest BCUT2D eigenvalue weighted by molar-refractivity contribution is -0.206. The summed E-state index contributed by atoms with van der Waals surface area (Å²) in [5.41, 5.74) is -10.2. The Balaban J connectivity index is 1.55. The van der Waals surface area contributed by atoms with Crippen molar-refractivity contribution in [2.45, 2.75) is 68.5 Å². The fraction of sp³-hybridized carbons (Fsp3) is 0.471. The first-order valence-electron chi connectivity index (χ1n) is 15.6. The zero-order valence-corrected chi connectivity index (χ0v) is 27.5. The van der Waals surface area contributed by atoms with Crippen molar-refractivity contribution < 1.29 is 73.6 Å². The Labute approximate surface area is 283 Å². The number of benzene rings is 2. The van der Waals surface area contributed by atoms with E-state index in [2.05, 4.69) is 4.99 Å². The standard InChI is InChI=1S/C34H35NO15/c1-11-6-13-7-19(38)34(49-5)30(44)22-15(29(43)33(34,46)23(13)27(42)20(11)32(45)48-4)8-14-21(26(22)41)18(37)9-17(24(14)39)35-31-16(10-36)25(40)28(47-3)12(2)50-31/h6,8,12,16,19,25,28,31,36,38,40-42,46H,7,9-10H2,1-5H3/t12-,16+,19?,25-,28-,31-,33-,34+/m0/s1. The molecule has 6 rings (SSSR count). The number of carbonyl (C=O) groups is 5. The molecule has 16 heteroatoms. The Hall–Kier alpha value is -4.42. The monoisotopic (exact) mass is 697 g/mol. The third-order valence-corrected chi connectivity index (χ3v) is 10.3. The van der Waals surface area contributed by atoms with E-state index in [-0.39, 0.29) is 11.1 Å². The molecule has 6 N–H and O–H groups in total. The summed E-state index contributed by atoms with van der Waals surface area (Å²) in [5, 5.41) is 67.5. The summed E-state index contributed by atoms with van der Waals surface area (Å²) in [4.78, 5) is 73.3. The number of Topliss-reactive ketones (excluding diaryl/α,β-unsaturated/α-hetero) is 4. The average molecular weight is 698 g/mol. The third kappa shape index (κ3) is 4.43. The number of methoxy groups -OCH3 is 3. The second kappa shape index (κ2) is 12.1. The summed E-state index contributed by atoms with van der Waals surface area (Å²) in [6, 6.07) is 2.15. The molecular formula is C34H35NO15. The normalized spacial score (nSPS) is 32.7. The van der Waals surface area contributed by atoms with Gasteiger partial charge < -0.3 is 49.6 Å². The Morgan fingerprint density at radius 3 is 2.30 bits per heavy atom. The fourth-order valence-corrected chi connectivity index (χ4v) is 7.94. The van der Waals surface area contributed by atoms with Gasteiger partial charge in [-0.05, 0) is 31.0 Å². The van der Waals surface area contributed by atoms with E-state index in [9.17, 15) is 54.6 Å². The number of fused-ring (bicyclic) bond motifs is 5. The molecule has 1 aliphatic heterocycles. The minimum absolute atomic E-state index is 0.0131. The zero-order valence-electron chi connectivity index (χ0n) is 27.5. The average Bonchev–Trinajstić information content (AvgIpc) is 3.05. The number of aryl methyl sites for hydroxylation is 1. The van der Waals surface area contributed by atoms with Crippen LogP contribution in [0, 0.1) is 12.8 Å². The second-order valence-corrected chi connectivity index (χ2v) is 12.8. The van der Waals surface area contributed by atoms with Gasteiger partial charge in [0, 0.05) is 37.3 Å². The summed E-state index contributed by atoms with van der Waals surface area (Å²) < 4.78 is 21.3. The Kier molecular flexibility index (Phi) is 8.58. The van der Waals surface area contributed by atoms with Crippen molar-refractivity contribution in [1.29, 1.82) is 0 Å². The zero-order chi connectivity index (χ0) is 36.8. The molecule has 1 fully saturated rings. The lowest BCUT2D eigenvalue weighted by Gasteiger charge is -2.52. The van der Waals surface area contributed by atoms with Crippen LogP contribution >= 0.6 is 0 Å². The molecule has 0 saturated carbocycles. The number of phenols is 2. The number of aliphatic hydroxyl groups is 4. The molecule has 4 aliphatic rings. The van der Waals surface area contributed by atoms with E-state index >= 15 is 0 Å². The van der Waals surface area contributed by atoms with Crippen LogP contribution in [-0.2, 0) is 31.0 Å². The number of ketones is 4. The van der Waals surface area contributed by atoms with Crippen LogP contribution in [0.2, 0.25) is 0 Å². The molecule has 2 aromatic rings. The van der Waals surface area contributed by atoms with E-state index in [1.807, 2.05) is 0 Å². The van der Waals surface area contributed by atoms with E-state index in [0.717, 1.165) is 20.3 Å². The number of phenolic OH excluding ortho intramolecular Hbond substituents is 2. The number of aliphatic imine (C=N–C) groups is 1. The van der Waals surface area contributed by atoms with Crippen LogP contribution in [0.1, 0.15) is 81.8 Å². The van der Waals surface area contributed by atoms with E-state index < -0.39 is 147 Å². The maximum absolute atomic E-state index is 14.6. The SMILES string of the molecule is COC(=O)c1c(C)cc2c(c1O)[C@]1(O)C(=O)c3cc4c(c(O)c3C(=O)[C@]1(OC)C(O)C2)C(=O)CC(=N[C@H]1O[C@@H](C)[C@H](OC)[C@@H](O)[C@H]1CO)C4=O. The van der Waals surface area contributed by atoms with Gasteiger partial charge in [0.15, 0.2) is 23.2 Å². The number of hydrogen-bond acceptors (Lipinski definition) is 16. The molecule has 0 spiro atoms. The number of rotatable bonds is 5. The summed E-state index contributed by atoms with van der Waals surface area (Å²) in [6.45, 7) is 2.39. The molecule has 0 amide bonds. The van der Waals surface area contributed by atoms with E-state index in [1.54, 1.807) is 6.92 Å². The van der Waals surface area contributed by atoms with Gasteiger partial charge in [0.1, 0.15) is 23.2 Å². The Bertz CT molecular complexity index is 1920. The maximum Gasteiger partial charge on any atom is 0.341 e. The topological polar surface area (TPSA) is 256 Å². The van der Waals surface area contributed by atoms with Crippen molar-refractivity contribution in [2.24, 2.45) is 10.9 Å². The van der Waals surface area contributed by atoms with Gasteiger partial charge in [0.05, 0.1) is 61.2 Å². The summed E-state index contributed by atoms with van der Waals surface area (Å²) in [7, 11) is 3.29. The minimum atomic E-state index is -3.24. The van der Waals surface area contributed by atoms with E-state index in [4.69, 9.17) is 18.9 Å². The number of carbonyl (C=O) groups excluding carboxylic acids is 5. The molecule has 16 nitrogen and oxygen atoms in total. The van der Waals surface area contributed by atoms with Gasteiger partial charge in [-0.3, -0.25) is 24.2 Å². The van der Waals surface area contributed by atoms with Crippen LogP contribution in [0.4, 0.5) is 0 Å². The van der Waals surface area contributed by atoms with Crippen LogP contribution in [0.5, 0.6) is 11.5 Å². The minimum Gasteiger partial charge on any atom is -0.507 e. The van der Waals surface area contributed by atoms with Gasteiger partial charge >= 0.3 is 5.97 Å². The summed E-state index contributed by atoms with van der Waals surface area (Å²) in [5.74, 6) is -8.73. The number of nitrogens with zero attached hydrogens (tertiary/aromatic N) is 1. The first kappa shape index (κ1) is 35.4. The molecule has 1 saturated heterocycles. The first-order chi connectivity index (χ1) is 23.6. The molecule has 8 atom stereocenters. The van der Waals surface area contributed by atoms with Crippen molar-refractivity contribution in [1.82, 2.24) is 0 Å². The van der Waals surface area contributed by atoms with Crippen molar-refractivity contribution in [3.8, 4) is 11.5 Å². The molecule has 266 valence electrons. The molecule has 0 aromatic heterocycles. The van der Waals surface area contributed by atoms with Crippen molar-refractivity contribution >= 4 is 34.8 Å². The molecule has 3 aliphatic carbocycles. The van der Waals surface area contributed by atoms with Gasteiger partial charge in [-0.2, -0.15) is 0 Å². The van der Waals surface area contributed by atoms with E-state index in [1.165, 1.54) is 20.1 Å². The fourth-order valence-electron chi connectivity index (χ4n) is 7.94. The quantitative estimate of drug-likeness (QED) is 0.219. The van der Waals surface area contributed by atoms with Crippen LogP contribution in [-0.4, -0.2) is 130 Å². The van der Waals surface area contributed by atoms with Crippen molar-refractivity contribution in [2.75, 3.05) is 27.9 Å². The predicted octanol–water partition coefficient (Wildman–Crippen LogP) is -0.299. The molecule has 1 heterocycles. The Morgan fingerprint density at radius 2 is 1.70 bits per heavy atom. The molecule has 1 unspecified atom stereocenters. The smallest absolute Gasteiger partial charge is 0.341 e. The maximum atomic E-state index is 14.6.